The van der Waals surface area contributed by atoms with E-state index < -0.39 is 123 Å². The Morgan fingerprint density at radius 2 is 1.79 bits per heavy atom. The third-order valence-electron chi connectivity index (χ3n) is 10.7. The number of hydrogen-bond donors (Lipinski definition) is 2. The quantitative estimate of drug-likeness (QED) is 0.111. The summed E-state index contributed by atoms with van der Waals surface area (Å²) < 4.78 is 153. The molecule has 1 unspecified atom stereocenters. The van der Waals surface area contributed by atoms with Gasteiger partial charge in [0.1, 0.15) is 34.9 Å². The van der Waals surface area contributed by atoms with Gasteiger partial charge in [-0.25, -0.2) is 44.4 Å². The third kappa shape index (κ3) is 7.57. The number of carbonyl (C=O) groups is 1. The summed E-state index contributed by atoms with van der Waals surface area (Å²) in [7, 11) is -2.65. The number of carbonyl (C=O) groups excluding carboxylic acids is 1. The van der Waals surface area contributed by atoms with Crippen LogP contribution >= 0.6 is 11.6 Å². The fourth-order valence-corrected chi connectivity index (χ4v) is 8.92. The zero-order chi connectivity index (χ0) is 45.0. The lowest BCUT2D eigenvalue weighted by Gasteiger charge is -2.30. The number of anilines is 1. The number of fused-ring (bicyclic) bond motifs is 5. The highest BCUT2D eigenvalue weighted by atomic mass is 35.5. The van der Waals surface area contributed by atoms with Crippen molar-refractivity contribution in [3.63, 3.8) is 0 Å². The molecule has 0 bridgehead atoms. The van der Waals surface area contributed by atoms with Crippen molar-refractivity contribution in [2.45, 2.75) is 62.3 Å². The first-order valence-electron chi connectivity index (χ1n) is 18.6. The molecular formula is C38H32ClF8N9O5S. The molecule has 62 heavy (non-hydrogen) atoms. The molecule has 6 aromatic rings. The molecule has 2 aromatic carbocycles. The van der Waals surface area contributed by atoms with Crippen molar-refractivity contribution in [1.29, 1.82) is 0 Å². The molecule has 0 aliphatic heterocycles. The standard InChI is InChI=1S/C38H32ClF8N9O5S/c1-37(44,45)8-9-61-24-7-4-18-33(49-24)50-35(55(36(18)58)23-6-5-22(39)26-29(23)54(2)52-34(26)53-62(3,59)60)20(12-15-10-16(40)13-17(41)11-15)28(32(48)57)56-30-25(27(51-56)31(42)43)19-14-21(19)38(30,46)47/h4-7,10-11,13,19-21,28,31H,8-9,12,14H2,1-3H3,(H2,48,57)(H,52,53)/t19-,20-,21+,28?/m0/s1. The highest BCUT2D eigenvalue weighted by molar-refractivity contribution is 7.92. The van der Waals surface area contributed by atoms with Crippen LogP contribution < -0.4 is 20.8 Å². The van der Waals surface area contributed by atoms with E-state index in [4.69, 9.17) is 22.1 Å². The van der Waals surface area contributed by atoms with Crippen LogP contribution in [-0.2, 0) is 34.2 Å². The first kappa shape index (κ1) is 42.8. The average molecular weight is 914 g/mol. The van der Waals surface area contributed by atoms with E-state index in [2.05, 4.69) is 24.9 Å². The molecule has 4 atom stereocenters. The van der Waals surface area contributed by atoms with Crippen LogP contribution in [0.2, 0.25) is 5.02 Å². The van der Waals surface area contributed by atoms with E-state index in [9.17, 15) is 44.3 Å². The molecular weight excluding hydrogens is 882 g/mol. The minimum Gasteiger partial charge on any atom is -0.477 e. The molecule has 0 radical (unpaired) electrons. The van der Waals surface area contributed by atoms with Crippen LogP contribution in [0.5, 0.6) is 5.88 Å². The van der Waals surface area contributed by atoms with Crippen molar-refractivity contribution in [3.8, 4) is 11.6 Å². The predicted octanol–water partition coefficient (Wildman–Crippen LogP) is 6.79. The van der Waals surface area contributed by atoms with Gasteiger partial charge in [-0.2, -0.15) is 24.0 Å². The van der Waals surface area contributed by atoms with Crippen LogP contribution in [0.25, 0.3) is 27.6 Å². The second kappa shape index (κ2) is 14.9. The second-order valence-electron chi connectivity index (χ2n) is 15.3. The molecule has 0 saturated heterocycles. The minimum absolute atomic E-state index is 0.0562. The highest BCUT2D eigenvalue weighted by Gasteiger charge is 2.68. The number of ether oxygens (including phenoxy) is 1. The Hall–Kier alpha value is -5.84. The van der Waals surface area contributed by atoms with Gasteiger partial charge in [0.05, 0.1) is 45.8 Å². The zero-order valence-electron chi connectivity index (χ0n) is 32.3. The van der Waals surface area contributed by atoms with Crippen molar-refractivity contribution in [2.75, 3.05) is 17.6 Å². The first-order valence-corrected chi connectivity index (χ1v) is 20.8. The monoisotopic (exact) mass is 913 g/mol. The molecule has 1 fully saturated rings. The van der Waals surface area contributed by atoms with Crippen molar-refractivity contribution in [2.24, 2.45) is 18.7 Å². The summed E-state index contributed by atoms with van der Waals surface area (Å²) >= 11 is 6.58. The molecule has 1 amide bonds. The average Bonchev–Trinajstić information content (AvgIpc) is 3.68. The zero-order valence-corrected chi connectivity index (χ0v) is 33.9. The maximum Gasteiger partial charge on any atom is 0.293 e. The maximum atomic E-state index is 16.2. The number of hydrogen-bond acceptors (Lipinski definition) is 9. The van der Waals surface area contributed by atoms with Crippen molar-refractivity contribution in [1.82, 2.24) is 34.1 Å². The number of amides is 1. The summed E-state index contributed by atoms with van der Waals surface area (Å²) in [5.74, 6) is -16.2. The van der Waals surface area contributed by atoms with Gasteiger partial charge in [0.2, 0.25) is 27.7 Å². The number of sulfonamides is 1. The molecule has 0 spiro atoms. The van der Waals surface area contributed by atoms with Crippen LogP contribution in [-0.4, -0.2) is 67.2 Å². The maximum absolute atomic E-state index is 16.2. The Bertz CT molecular complexity index is 2990. The lowest BCUT2D eigenvalue weighted by atomic mass is 9.89. The van der Waals surface area contributed by atoms with E-state index in [1.165, 1.54) is 31.3 Å². The second-order valence-corrected chi connectivity index (χ2v) is 17.5. The largest absolute Gasteiger partial charge is 0.477 e. The van der Waals surface area contributed by atoms with Gasteiger partial charge < -0.3 is 10.5 Å². The number of aryl methyl sites for hydroxylation is 1. The van der Waals surface area contributed by atoms with Crippen LogP contribution in [0.3, 0.4) is 0 Å². The first-order chi connectivity index (χ1) is 28.9. The Labute approximate surface area is 349 Å². The number of nitrogens with two attached hydrogens (primary N) is 1. The Morgan fingerprint density at radius 3 is 2.42 bits per heavy atom. The number of primary amides is 1. The van der Waals surface area contributed by atoms with Crippen LogP contribution in [0.4, 0.5) is 40.9 Å². The Kier molecular flexibility index (Phi) is 10.3. The third-order valence-corrected chi connectivity index (χ3v) is 11.6. The van der Waals surface area contributed by atoms with Gasteiger partial charge in [0.25, 0.3) is 17.9 Å². The van der Waals surface area contributed by atoms with Crippen molar-refractivity contribution in [3.05, 3.63) is 97.8 Å². The summed E-state index contributed by atoms with van der Waals surface area (Å²) in [6.07, 6.45) is -4.22. The fourth-order valence-electron chi connectivity index (χ4n) is 8.18. The van der Waals surface area contributed by atoms with E-state index in [1.54, 1.807) is 0 Å². The number of nitrogens with one attached hydrogen (secondary N) is 1. The summed E-state index contributed by atoms with van der Waals surface area (Å²) in [6, 6.07) is 4.79. The van der Waals surface area contributed by atoms with E-state index in [0.717, 1.165) is 27.6 Å². The van der Waals surface area contributed by atoms with E-state index in [-0.39, 0.29) is 50.7 Å². The van der Waals surface area contributed by atoms with Gasteiger partial charge in [-0.1, -0.05) is 11.6 Å². The summed E-state index contributed by atoms with van der Waals surface area (Å²) in [5, 5.41) is 7.63. The molecule has 4 heterocycles. The number of pyridine rings is 1. The number of alkyl halides is 6. The number of rotatable bonds is 14. The summed E-state index contributed by atoms with van der Waals surface area (Å²) in [4.78, 5) is 37.7. The van der Waals surface area contributed by atoms with E-state index >= 15 is 8.78 Å². The SMILES string of the molecule is Cn1nc(NS(C)(=O)=O)c2c(Cl)ccc(-n3c([C@@H](Cc4cc(F)cc(F)c4)C(C(N)=O)n4nc(C(F)F)c5c4C(F)(F)[C@@H]4C[C@H]54)nc4nc(OCCC(C)(F)F)ccc4c3=O)c21. The molecule has 4 aromatic heterocycles. The highest BCUT2D eigenvalue weighted by Crippen LogP contribution is 2.68. The van der Waals surface area contributed by atoms with Gasteiger partial charge in [-0.05, 0) is 61.6 Å². The lowest BCUT2D eigenvalue weighted by molar-refractivity contribution is -0.122. The molecule has 2 aliphatic rings. The number of aromatic nitrogens is 7. The van der Waals surface area contributed by atoms with Crippen LogP contribution in [0, 0.1) is 17.6 Å². The predicted molar refractivity (Wildman–Crippen MR) is 207 cm³/mol. The minimum atomic E-state index is -4.00. The normalized spacial score (nSPS) is 18.0. The molecule has 1 saturated carbocycles. The van der Waals surface area contributed by atoms with Crippen LogP contribution in [0.1, 0.15) is 72.4 Å². The molecule has 8 rings (SSSR count). The lowest BCUT2D eigenvalue weighted by Crippen LogP contribution is -2.39. The van der Waals surface area contributed by atoms with Gasteiger partial charge in [0, 0.05) is 37.1 Å². The van der Waals surface area contributed by atoms with Gasteiger partial charge in [0.15, 0.2) is 11.5 Å². The van der Waals surface area contributed by atoms with Gasteiger partial charge in [-0.15, -0.1) is 0 Å². The molecule has 24 heteroatoms. The Morgan fingerprint density at radius 1 is 1.10 bits per heavy atom. The molecule has 2 aliphatic carbocycles. The number of nitrogens with zero attached hydrogens (tertiary/aromatic N) is 7. The van der Waals surface area contributed by atoms with E-state index in [1.807, 2.05) is 0 Å². The van der Waals surface area contributed by atoms with E-state index in [0.29, 0.717) is 17.7 Å². The Balaban J connectivity index is 1.46. The molecule has 3 N–H and O–H groups in total. The van der Waals surface area contributed by atoms with Crippen LogP contribution in [0.15, 0.2) is 47.3 Å². The van der Waals surface area contributed by atoms with Crippen molar-refractivity contribution >= 4 is 55.3 Å². The van der Waals surface area contributed by atoms with Gasteiger partial charge >= 0.3 is 0 Å². The number of benzene rings is 2. The smallest absolute Gasteiger partial charge is 0.293 e. The molecule has 14 nitrogen and oxygen atoms in total. The molecule has 328 valence electrons. The van der Waals surface area contributed by atoms with Crippen molar-refractivity contribution < 1.29 is 53.1 Å². The summed E-state index contributed by atoms with van der Waals surface area (Å²) in [5.41, 5.74) is 1.44. The topological polar surface area (TPSA) is 182 Å². The number of halogens is 9. The fraction of sp³-hybridized carbons (Fsp3) is 0.368. The van der Waals surface area contributed by atoms with Gasteiger partial charge in [-0.3, -0.25) is 23.6 Å². The summed E-state index contributed by atoms with van der Waals surface area (Å²) in [6.45, 7) is 0.109.